The Hall–Kier alpha value is -4.07. The van der Waals surface area contributed by atoms with Crippen molar-refractivity contribution in [3.8, 4) is 11.5 Å². The quantitative estimate of drug-likeness (QED) is 0.345. The van der Waals surface area contributed by atoms with Gasteiger partial charge in [-0.3, -0.25) is 0 Å². The Morgan fingerprint density at radius 1 is 1.03 bits per heavy atom. The molecule has 0 radical (unpaired) electrons. The number of imidazole rings is 1. The van der Waals surface area contributed by atoms with Crippen molar-refractivity contribution in [1.82, 2.24) is 9.38 Å². The topological polar surface area (TPSA) is 90.9 Å². The molecule has 0 saturated carbocycles. The summed E-state index contributed by atoms with van der Waals surface area (Å²) >= 11 is 0. The third kappa shape index (κ3) is 4.02. The van der Waals surface area contributed by atoms with Crippen LogP contribution in [0.5, 0.6) is 11.5 Å². The lowest BCUT2D eigenvalue weighted by Crippen LogP contribution is -2.04. The third-order valence-electron chi connectivity index (χ3n) is 4.60. The monoisotopic (exact) mass is 404 g/mol. The van der Waals surface area contributed by atoms with Gasteiger partial charge in [0.15, 0.2) is 11.5 Å². The molecule has 0 aliphatic carbocycles. The van der Waals surface area contributed by atoms with Crippen LogP contribution in [0.4, 0.5) is 11.6 Å². The summed E-state index contributed by atoms with van der Waals surface area (Å²) in [7, 11) is 1.58. The molecule has 30 heavy (non-hydrogen) atoms. The van der Waals surface area contributed by atoms with Crippen molar-refractivity contribution in [2.75, 3.05) is 12.4 Å². The molecule has 4 aromatic rings. The normalized spacial score (nSPS) is 10.7. The first-order valence-electron chi connectivity index (χ1n) is 9.34. The number of pyridine rings is 1. The number of aromatic nitrogens is 2. The number of nitrogens with one attached hydrogen (secondary N) is 1. The first-order chi connectivity index (χ1) is 14.7. The molecule has 2 heterocycles. The number of ether oxygens (including phenoxy) is 2. The molecule has 8 heteroatoms. The predicted molar refractivity (Wildman–Crippen MR) is 113 cm³/mol. The summed E-state index contributed by atoms with van der Waals surface area (Å²) in [5.74, 6) is 1.34. The van der Waals surface area contributed by atoms with Crippen LogP contribution < -0.4 is 14.8 Å². The van der Waals surface area contributed by atoms with E-state index in [9.17, 15) is 10.1 Å². The van der Waals surface area contributed by atoms with Crippen LogP contribution in [0.3, 0.4) is 0 Å². The van der Waals surface area contributed by atoms with Crippen molar-refractivity contribution in [3.05, 3.63) is 94.2 Å². The molecule has 2 aromatic heterocycles. The SMILES string of the molecule is COc1cc(CNc2nc3ccccn3c2[N+](=O)[O-])ccc1OCc1ccccc1. The second kappa shape index (κ2) is 8.52. The molecule has 0 bridgehead atoms. The zero-order chi connectivity index (χ0) is 20.9. The number of rotatable bonds is 8. The Kier molecular flexibility index (Phi) is 5.47. The molecular formula is C22H20N4O4. The molecule has 2 aromatic carbocycles. The number of hydrogen-bond donors (Lipinski definition) is 1. The molecule has 0 spiro atoms. The zero-order valence-corrected chi connectivity index (χ0v) is 16.3. The number of methoxy groups -OCH3 is 1. The Morgan fingerprint density at radius 2 is 1.83 bits per heavy atom. The average molecular weight is 404 g/mol. The third-order valence-corrected chi connectivity index (χ3v) is 4.60. The van der Waals surface area contributed by atoms with Crippen LogP contribution in [-0.4, -0.2) is 21.4 Å². The van der Waals surface area contributed by atoms with Crippen molar-refractivity contribution in [1.29, 1.82) is 0 Å². The number of fused-ring (bicyclic) bond motifs is 1. The van der Waals surface area contributed by atoms with Crippen LogP contribution in [0.25, 0.3) is 5.65 Å². The molecule has 0 amide bonds. The van der Waals surface area contributed by atoms with Crippen molar-refractivity contribution in [3.63, 3.8) is 0 Å². The number of nitro groups is 1. The highest BCUT2D eigenvalue weighted by Gasteiger charge is 2.22. The maximum absolute atomic E-state index is 11.5. The van der Waals surface area contributed by atoms with E-state index in [-0.39, 0.29) is 11.6 Å². The van der Waals surface area contributed by atoms with Gasteiger partial charge in [-0.2, -0.15) is 9.38 Å². The maximum Gasteiger partial charge on any atom is 0.372 e. The minimum absolute atomic E-state index is 0.0969. The summed E-state index contributed by atoms with van der Waals surface area (Å²) in [4.78, 5) is 15.4. The van der Waals surface area contributed by atoms with E-state index in [4.69, 9.17) is 9.47 Å². The largest absolute Gasteiger partial charge is 0.493 e. The van der Waals surface area contributed by atoms with E-state index < -0.39 is 4.92 Å². The van der Waals surface area contributed by atoms with E-state index in [0.29, 0.717) is 30.3 Å². The average Bonchev–Trinajstić information content (AvgIpc) is 3.16. The van der Waals surface area contributed by atoms with E-state index in [1.807, 2.05) is 48.5 Å². The Bertz CT molecular complexity index is 1170. The predicted octanol–water partition coefficient (Wildman–Crippen LogP) is 4.44. The Balaban J connectivity index is 1.50. The van der Waals surface area contributed by atoms with Crippen molar-refractivity contribution in [2.24, 2.45) is 0 Å². The summed E-state index contributed by atoms with van der Waals surface area (Å²) < 4.78 is 12.8. The summed E-state index contributed by atoms with van der Waals surface area (Å²) in [5.41, 5.74) is 2.45. The summed E-state index contributed by atoms with van der Waals surface area (Å²) in [6.07, 6.45) is 1.62. The molecule has 0 unspecified atom stereocenters. The molecule has 0 atom stereocenters. The number of anilines is 1. The van der Waals surface area contributed by atoms with Crippen LogP contribution in [0.2, 0.25) is 0 Å². The molecule has 8 nitrogen and oxygen atoms in total. The van der Waals surface area contributed by atoms with Crippen LogP contribution in [0, 0.1) is 10.1 Å². The van der Waals surface area contributed by atoms with Gasteiger partial charge in [-0.25, -0.2) is 0 Å². The van der Waals surface area contributed by atoms with Gasteiger partial charge in [0, 0.05) is 12.6 Å². The van der Waals surface area contributed by atoms with Crippen LogP contribution >= 0.6 is 0 Å². The fraction of sp³-hybridized carbons (Fsp3) is 0.136. The van der Waals surface area contributed by atoms with Gasteiger partial charge in [-0.05, 0) is 34.2 Å². The Morgan fingerprint density at radius 3 is 2.60 bits per heavy atom. The minimum Gasteiger partial charge on any atom is -0.493 e. The summed E-state index contributed by atoms with van der Waals surface area (Å²) in [6, 6.07) is 20.7. The first kappa shape index (κ1) is 19.3. The molecule has 0 aliphatic rings. The molecule has 0 fully saturated rings. The van der Waals surface area contributed by atoms with Gasteiger partial charge in [0.25, 0.3) is 0 Å². The summed E-state index contributed by atoms with van der Waals surface area (Å²) in [6.45, 7) is 0.780. The van der Waals surface area contributed by atoms with Gasteiger partial charge in [0.05, 0.1) is 13.3 Å². The van der Waals surface area contributed by atoms with E-state index in [0.717, 1.165) is 11.1 Å². The van der Waals surface area contributed by atoms with Crippen molar-refractivity contribution < 1.29 is 14.4 Å². The van der Waals surface area contributed by atoms with E-state index in [2.05, 4.69) is 10.3 Å². The second-order valence-electron chi connectivity index (χ2n) is 6.58. The van der Waals surface area contributed by atoms with Gasteiger partial charge in [0.2, 0.25) is 11.5 Å². The van der Waals surface area contributed by atoms with Crippen LogP contribution in [-0.2, 0) is 13.2 Å². The van der Waals surface area contributed by atoms with Gasteiger partial charge in [0.1, 0.15) is 6.61 Å². The highest BCUT2D eigenvalue weighted by Crippen LogP contribution is 2.30. The van der Waals surface area contributed by atoms with Gasteiger partial charge in [-0.15, -0.1) is 0 Å². The number of nitrogens with zero attached hydrogens (tertiary/aromatic N) is 3. The minimum atomic E-state index is -0.441. The molecule has 0 aliphatic heterocycles. The van der Waals surface area contributed by atoms with E-state index in [1.54, 1.807) is 31.5 Å². The van der Waals surface area contributed by atoms with Gasteiger partial charge in [-0.1, -0.05) is 42.5 Å². The van der Waals surface area contributed by atoms with Crippen molar-refractivity contribution in [2.45, 2.75) is 13.2 Å². The first-order valence-corrected chi connectivity index (χ1v) is 9.34. The highest BCUT2D eigenvalue weighted by atomic mass is 16.6. The van der Waals surface area contributed by atoms with E-state index in [1.165, 1.54) is 4.40 Å². The molecular weight excluding hydrogens is 384 g/mol. The van der Waals surface area contributed by atoms with Crippen molar-refractivity contribution >= 4 is 17.3 Å². The highest BCUT2D eigenvalue weighted by molar-refractivity contribution is 5.62. The smallest absolute Gasteiger partial charge is 0.372 e. The number of benzene rings is 2. The van der Waals surface area contributed by atoms with Gasteiger partial charge >= 0.3 is 5.82 Å². The van der Waals surface area contributed by atoms with Crippen LogP contribution in [0.1, 0.15) is 11.1 Å². The standard InChI is InChI=1S/C22H20N4O4/c1-29-19-13-17(10-11-18(19)30-15-16-7-3-2-4-8-16)14-23-21-22(26(27)28)25-12-6-5-9-20(25)24-21/h2-13,23H,14-15H2,1H3. The lowest BCUT2D eigenvalue weighted by Gasteiger charge is -2.12. The Labute approximate surface area is 172 Å². The fourth-order valence-corrected chi connectivity index (χ4v) is 3.14. The van der Waals surface area contributed by atoms with E-state index >= 15 is 0 Å². The van der Waals surface area contributed by atoms with Crippen LogP contribution in [0.15, 0.2) is 72.9 Å². The zero-order valence-electron chi connectivity index (χ0n) is 16.3. The molecule has 0 saturated heterocycles. The summed E-state index contributed by atoms with van der Waals surface area (Å²) in [5, 5.41) is 14.6. The lowest BCUT2D eigenvalue weighted by molar-refractivity contribution is -0.389. The molecule has 4 rings (SSSR count). The fourth-order valence-electron chi connectivity index (χ4n) is 3.14. The van der Waals surface area contributed by atoms with Gasteiger partial charge < -0.3 is 24.9 Å². The molecule has 1 N–H and O–H groups in total. The second-order valence-corrected chi connectivity index (χ2v) is 6.58. The number of hydrogen-bond acceptors (Lipinski definition) is 6. The lowest BCUT2D eigenvalue weighted by atomic mass is 10.2. The maximum atomic E-state index is 11.5. The molecule has 152 valence electrons.